The van der Waals surface area contributed by atoms with Crippen LogP contribution in [0, 0.1) is 0 Å². The van der Waals surface area contributed by atoms with E-state index in [1.54, 1.807) is 0 Å². The van der Waals surface area contributed by atoms with Crippen LogP contribution in [0.15, 0.2) is 18.2 Å². The van der Waals surface area contributed by atoms with E-state index in [-0.39, 0.29) is 28.0 Å². The lowest BCUT2D eigenvalue weighted by molar-refractivity contribution is -0.0711. The number of benzene rings is 1. The zero-order valence-corrected chi connectivity index (χ0v) is 10.3. The first-order valence-corrected chi connectivity index (χ1v) is 4.83. The van der Waals surface area contributed by atoms with Crippen LogP contribution in [-0.2, 0) is 0 Å². The fourth-order valence-corrected chi connectivity index (χ4v) is 1.49. The molecule has 0 fully saturated rings. The summed E-state index contributed by atoms with van der Waals surface area (Å²) in [6, 6.07) is 2.44. The van der Waals surface area contributed by atoms with Crippen LogP contribution in [0.3, 0.4) is 0 Å². The molecule has 0 radical (unpaired) electrons. The van der Waals surface area contributed by atoms with Gasteiger partial charge in [-0.1, -0.05) is 23.2 Å². The lowest BCUT2D eigenvalue weighted by Gasteiger charge is -2.22. The minimum atomic E-state index is -3.42. The number of alkyl halides is 2. The molecule has 1 rings (SSSR count). The monoisotopic (exact) mass is 291 g/mol. The van der Waals surface area contributed by atoms with E-state index in [9.17, 15) is 8.78 Å². The standard InChI is InChI=1S/C9H9Cl2F2NO.ClH/c10-5-1-2-7(11)6(3-5)8(14)9(12,13)4-15;/h1-3,8,15H,4,14H2;1H/t8-;/m1./s1. The second kappa shape index (κ2) is 5.98. The lowest BCUT2D eigenvalue weighted by atomic mass is 10.0. The molecule has 16 heavy (non-hydrogen) atoms. The largest absolute Gasteiger partial charge is 0.390 e. The second-order valence-electron chi connectivity index (χ2n) is 3.06. The first-order chi connectivity index (χ1) is 6.88. The Hall–Kier alpha value is -0.130. The van der Waals surface area contributed by atoms with Crippen LogP contribution < -0.4 is 5.73 Å². The third-order valence-electron chi connectivity index (χ3n) is 1.96. The maximum atomic E-state index is 13.1. The van der Waals surface area contributed by atoms with Crippen molar-refractivity contribution in [3.8, 4) is 0 Å². The van der Waals surface area contributed by atoms with E-state index in [0.717, 1.165) is 0 Å². The summed E-state index contributed by atoms with van der Waals surface area (Å²) in [7, 11) is 0. The highest BCUT2D eigenvalue weighted by atomic mass is 35.5. The third-order valence-corrected chi connectivity index (χ3v) is 2.54. The summed E-state index contributed by atoms with van der Waals surface area (Å²) in [5.74, 6) is -3.42. The molecule has 3 N–H and O–H groups in total. The summed E-state index contributed by atoms with van der Waals surface area (Å²) in [4.78, 5) is 0. The van der Waals surface area contributed by atoms with E-state index in [2.05, 4.69) is 0 Å². The van der Waals surface area contributed by atoms with Crippen LogP contribution in [0.4, 0.5) is 8.78 Å². The minimum absolute atomic E-state index is 0. The summed E-state index contributed by atoms with van der Waals surface area (Å²) in [5.41, 5.74) is 5.32. The third kappa shape index (κ3) is 3.43. The molecule has 1 aromatic rings. The lowest BCUT2D eigenvalue weighted by Crippen LogP contribution is -2.36. The van der Waals surface area contributed by atoms with Crippen LogP contribution in [0.5, 0.6) is 0 Å². The Morgan fingerprint density at radius 2 is 1.94 bits per heavy atom. The van der Waals surface area contributed by atoms with Gasteiger partial charge in [-0.3, -0.25) is 0 Å². The van der Waals surface area contributed by atoms with Gasteiger partial charge in [-0.2, -0.15) is 0 Å². The summed E-state index contributed by atoms with van der Waals surface area (Å²) in [6.45, 7) is -1.34. The van der Waals surface area contributed by atoms with Crippen molar-refractivity contribution in [1.82, 2.24) is 0 Å². The molecular weight excluding hydrogens is 282 g/mol. The van der Waals surface area contributed by atoms with Crippen LogP contribution in [-0.4, -0.2) is 17.6 Å². The van der Waals surface area contributed by atoms with E-state index in [0.29, 0.717) is 0 Å². The Bertz CT molecular complexity index is 363. The smallest absolute Gasteiger partial charge is 0.289 e. The molecule has 0 aliphatic rings. The van der Waals surface area contributed by atoms with Gasteiger partial charge in [-0.05, 0) is 23.8 Å². The van der Waals surface area contributed by atoms with Gasteiger partial charge < -0.3 is 10.8 Å². The molecule has 1 aromatic carbocycles. The van der Waals surface area contributed by atoms with Crippen molar-refractivity contribution in [2.24, 2.45) is 5.73 Å². The average Bonchev–Trinajstić information content (AvgIpc) is 2.20. The number of hydrogen-bond acceptors (Lipinski definition) is 2. The molecule has 0 saturated carbocycles. The van der Waals surface area contributed by atoms with Gasteiger partial charge in [-0.15, -0.1) is 12.4 Å². The SMILES string of the molecule is Cl.N[C@H](c1cc(Cl)ccc1Cl)C(F)(F)CO. The molecule has 0 spiro atoms. The van der Waals surface area contributed by atoms with Crippen molar-refractivity contribution in [2.75, 3.05) is 6.61 Å². The topological polar surface area (TPSA) is 46.2 Å². The predicted molar refractivity (Wildman–Crippen MR) is 62.7 cm³/mol. The Balaban J connectivity index is 0.00000225. The zero-order valence-electron chi connectivity index (χ0n) is 7.96. The van der Waals surface area contributed by atoms with E-state index in [1.165, 1.54) is 18.2 Å². The molecule has 0 unspecified atom stereocenters. The van der Waals surface area contributed by atoms with Gasteiger partial charge in [0.05, 0.1) is 6.04 Å². The summed E-state index contributed by atoms with van der Waals surface area (Å²) >= 11 is 11.3. The van der Waals surface area contributed by atoms with Gasteiger partial charge in [0, 0.05) is 10.0 Å². The fraction of sp³-hybridized carbons (Fsp3) is 0.333. The minimum Gasteiger partial charge on any atom is -0.390 e. The highest BCUT2D eigenvalue weighted by molar-refractivity contribution is 6.33. The summed E-state index contributed by atoms with van der Waals surface area (Å²) < 4.78 is 26.1. The van der Waals surface area contributed by atoms with E-state index in [4.69, 9.17) is 34.0 Å². The molecule has 0 aliphatic heterocycles. The molecule has 92 valence electrons. The maximum absolute atomic E-state index is 13.1. The number of nitrogens with two attached hydrogens (primary N) is 1. The second-order valence-corrected chi connectivity index (χ2v) is 3.91. The molecule has 7 heteroatoms. The molecule has 2 nitrogen and oxygen atoms in total. The number of aliphatic hydroxyl groups is 1. The van der Waals surface area contributed by atoms with Gasteiger partial charge in [0.15, 0.2) is 0 Å². The molecule has 0 amide bonds. The number of aliphatic hydroxyl groups excluding tert-OH is 1. The number of halogens is 5. The summed E-state index contributed by atoms with van der Waals surface area (Å²) in [6.07, 6.45) is 0. The van der Waals surface area contributed by atoms with Crippen molar-refractivity contribution < 1.29 is 13.9 Å². The molecule has 0 aromatic heterocycles. The molecular formula is C9H10Cl3F2NO. The first kappa shape index (κ1) is 15.9. The van der Waals surface area contributed by atoms with Crippen molar-refractivity contribution >= 4 is 35.6 Å². The van der Waals surface area contributed by atoms with Crippen LogP contribution in [0.25, 0.3) is 0 Å². The fourth-order valence-electron chi connectivity index (χ4n) is 1.08. The normalized spacial score (nSPS) is 13.1. The van der Waals surface area contributed by atoms with E-state index < -0.39 is 18.6 Å². The van der Waals surface area contributed by atoms with Gasteiger partial charge in [0.2, 0.25) is 0 Å². The molecule has 0 saturated heterocycles. The Labute approximate surface area is 108 Å². The Morgan fingerprint density at radius 3 is 2.44 bits per heavy atom. The average molecular weight is 293 g/mol. The van der Waals surface area contributed by atoms with Crippen molar-refractivity contribution in [3.05, 3.63) is 33.8 Å². The number of hydrogen-bond donors (Lipinski definition) is 2. The molecule has 0 heterocycles. The quantitative estimate of drug-likeness (QED) is 0.899. The van der Waals surface area contributed by atoms with E-state index >= 15 is 0 Å². The van der Waals surface area contributed by atoms with Crippen molar-refractivity contribution in [3.63, 3.8) is 0 Å². The number of rotatable bonds is 3. The molecule has 0 aliphatic carbocycles. The molecule has 1 atom stereocenters. The van der Waals surface area contributed by atoms with Crippen molar-refractivity contribution in [2.45, 2.75) is 12.0 Å². The highest BCUT2D eigenvalue weighted by Gasteiger charge is 2.38. The van der Waals surface area contributed by atoms with E-state index in [1.807, 2.05) is 0 Å². The zero-order chi connectivity index (χ0) is 11.6. The van der Waals surface area contributed by atoms with Crippen LogP contribution in [0.1, 0.15) is 11.6 Å². The van der Waals surface area contributed by atoms with Crippen molar-refractivity contribution in [1.29, 1.82) is 0 Å². The summed E-state index contributed by atoms with van der Waals surface area (Å²) in [5, 5.41) is 8.84. The van der Waals surface area contributed by atoms with Gasteiger partial charge in [-0.25, -0.2) is 8.78 Å². The Morgan fingerprint density at radius 1 is 1.38 bits per heavy atom. The Kier molecular flexibility index (Phi) is 5.93. The first-order valence-electron chi connectivity index (χ1n) is 4.07. The predicted octanol–water partition coefficient (Wildman–Crippen LogP) is 3.04. The van der Waals surface area contributed by atoms with Crippen LogP contribution >= 0.6 is 35.6 Å². The molecule has 0 bridgehead atoms. The van der Waals surface area contributed by atoms with Crippen LogP contribution in [0.2, 0.25) is 10.0 Å². The van der Waals surface area contributed by atoms with Gasteiger partial charge in [0.25, 0.3) is 5.92 Å². The maximum Gasteiger partial charge on any atom is 0.289 e. The van der Waals surface area contributed by atoms with Gasteiger partial charge >= 0.3 is 0 Å². The van der Waals surface area contributed by atoms with Gasteiger partial charge in [0.1, 0.15) is 6.61 Å². The highest BCUT2D eigenvalue weighted by Crippen LogP contribution is 2.34.